The average Bonchev–Trinajstić information content (AvgIpc) is 3.04. The van der Waals surface area contributed by atoms with Gasteiger partial charge >= 0.3 is 5.69 Å². The van der Waals surface area contributed by atoms with Crippen LogP contribution in [0.15, 0.2) is 24.5 Å². The molecule has 2 N–H and O–H groups in total. The molecular formula is C15H15Cl2N5O2. The molecule has 0 aliphatic heterocycles. The lowest BCUT2D eigenvalue weighted by Gasteiger charge is -2.14. The fourth-order valence-electron chi connectivity index (χ4n) is 2.73. The standard InChI is InChI=1S/C15H15Cl2N5O2/c16-9-5-6-11(17)12(7-9)21-15-13(22(23)24)14(18-8-19-15)20-10-3-1-2-4-10/h5-8,10H,1-4H2,(H2,18,19,20,21). The number of rotatable bonds is 5. The zero-order chi connectivity index (χ0) is 17.1. The first-order valence-electron chi connectivity index (χ1n) is 7.52. The summed E-state index contributed by atoms with van der Waals surface area (Å²) < 4.78 is 0. The maximum absolute atomic E-state index is 11.5. The molecule has 1 saturated carbocycles. The summed E-state index contributed by atoms with van der Waals surface area (Å²) in [7, 11) is 0. The topological polar surface area (TPSA) is 93.0 Å². The van der Waals surface area contributed by atoms with Gasteiger partial charge in [-0.1, -0.05) is 36.0 Å². The van der Waals surface area contributed by atoms with Crippen LogP contribution in [-0.2, 0) is 0 Å². The minimum Gasteiger partial charge on any atom is -0.361 e. The van der Waals surface area contributed by atoms with Crippen LogP contribution in [0.25, 0.3) is 0 Å². The van der Waals surface area contributed by atoms with Gasteiger partial charge in [0.05, 0.1) is 15.6 Å². The molecule has 0 radical (unpaired) electrons. The van der Waals surface area contributed by atoms with Gasteiger partial charge < -0.3 is 10.6 Å². The summed E-state index contributed by atoms with van der Waals surface area (Å²) in [5.41, 5.74) is 0.234. The molecule has 9 heteroatoms. The van der Waals surface area contributed by atoms with Crippen molar-refractivity contribution in [2.75, 3.05) is 10.6 Å². The first kappa shape index (κ1) is 16.7. The third-order valence-electron chi connectivity index (χ3n) is 3.88. The molecule has 0 atom stereocenters. The van der Waals surface area contributed by atoms with Crippen LogP contribution in [0, 0.1) is 10.1 Å². The highest BCUT2D eigenvalue weighted by Gasteiger charge is 2.26. The van der Waals surface area contributed by atoms with E-state index in [0.717, 1.165) is 25.7 Å². The molecule has 1 fully saturated rings. The number of nitro groups is 1. The summed E-state index contributed by atoms with van der Waals surface area (Å²) in [5, 5.41) is 18.4. The molecule has 7 nitrogen and oxygen atoms in total. The molecular weight excluding hydrogens is 353 g/mol. The van der Waals surface area contributed by atoms with Crippen molar-refractivity contribution in [2.24, 2.45) is 0 Å². The fraction of sp³-hybridized carbons (Fsp3) is 0.333. The molecule has 126 valence electrons. The largest absolute Gasteiger partial charge is 0.361 e. The summed E-state index contributed by atoms with van der Waals surface area (Å²) >= 11 is 12.1. The van der Waals surface area contributed by atoms with Gasteiger partial charge in [0.25, 0.3) is 0 Å². The smallest absolute Gasteiger partial charge is 0.353 e. The zero-order valence-electron chi connectivity index (χ0n) is 12.6. The lowest BCUT2D eigenvalue weighted by molar-refractivity contribution is -0.383. The number of benzene rings is 1. The molecule has 0 amide bonds. The van der Waals surface area contributed by atoms with Gasteiger partial charge in [-0.2, -0.15) is 0 Å². The van der Waals surface area contributed by atoms with E-state index in [9.17, 15) is 10.1 Å². The minimum atomic E-state index is -0.502. The lowest BCUT2D eigenvalue weighted by atomic mass is 10.2. The van der Waals surface area contributed by atoms with Crippen LogP contribution in [0.4, 0.5) is 23.0 Å². The van der Waals surface area contributed by atoms with E-state index < -0.39 is 4.92 Å². The predicted molar refractivity (Wildman–Crippen MR) is 94.3 cm³/mol. The van der Waals surface area contributed by atoms with Crippen LogP contribution in [-0.4, -0.2) is 20.9 Å². The summed E-state index contributed by atoms with van der Waals surface area (Å²) in [6, 6.07) is 5.02. The summed E-state index contributed by atoms with van der Waals surface area (Å²) in [5.74, 6) is 0.280. The van der Waals surface area contributed by atoms with E-state index in [1.54, 1.807) is 18.2 Å². The first-order chi connectivity index (χ1) is 11.5. The molecule has 0 saturated heterocycles. The molecule has 2 aromatic rings. The molecule has 1 aromatic carbocycles. The van der Waals surface area contributed by atoms with E-state index in [0.29, 0.717) is 15.7 Å². The van der Waals surface area contributed by atoms with Gasteiger partial charge in [0.2, 0.25) is 11.6 Å². The average molecular weight is 368 g/mol. The maximum Gasteiger partial charge on any atom is 0.353 e. The minimum absolute atomic E-state index is 0.0691. The molecule has 24 heavy (non-hydrogen) atoms. The first-order valence-corrected chi connectivity index (χ1v) is 8.28. The van der Waals surface area contributed by atoms with E-state index in [1.165, 1.54) is 6.33 Å². The molecule has 1 aliphatic carbocycles. The van der Waals surface area contributed by atoms with Crippen molar-refractivity contribution in [1.29, 1.82) is 0 Å². The van der Waals surface area contributed by atoms with E-state index in [2.05, 4.69) is 20.6 Å². The summed E-state index contributed by atoms with van der Waals surface area (Å²) in [6.45, 7) is 0. The molecule has 1 aromatic heterocycles. The number of aromatic nitrogens is 2. The number of nitrogens with one attached hydrogen (secondary N) is 2. The molecule has 1 heterocycles. The predicted octanol–water partition coefficient (Wildman–Crippen LogP) is 4.79. The Labute approximate surface area is 148 Å². The lowest BCUT2D eigenvalue weighted by Crippen LogP contribution is -2.17. The second-order valence-electron chi connectivity index (χ2n) is 5.55. The van der Waals surface area contributed by atoms with Gasteiger partial charge in [-0.3, -0.25) is 10.1 Å². The monoisotopic (exact) mass is 367 g/mol. The Hall–Kier alpha value is -2.12. The molecule has 3 rings (SSSR count). The Morgan fingerprint density at radius 2 is 1.88 bits per heavy atom. The van der Waals surface area contributed by atoms with Crippen LogP contribution >= 0.6 is 23.2 Å². The number of hydrogen-bond acceptors (Lipinski definition) is 6. The molecule has 1 aliphatic rings. The SMILES string of the molecule is O=[N+]([O-])c1c(Nc2cc(Cl)ccc2Cl)ncnc1NC1CCCC1. The van der Waals surface area contributed by atoms with Crippen molar-refractivity contribution in [2.45, 2.75) is 31.7 Å². The van der Waals surface area contributed by atoms with Crippen molar-refractivity contribution in [3.63, 3.8) is 0 Å². The fourth-order valence-corrected chi connectivity index (χ4v) is 3.07. The Bertz CT molecular complexity index is 766. The number of hydrogen-bond donors (Lipinski definition) is 2. The highest BCUT2D eigenvalue weighted by molar-refractivity contribution is 6.35. The van der Waals surface area contributed by atoms with Crippen LogP contribution in [0.5, 0.6) is 0 Å². The quantitative estimate of drug-likeness (QED) is 0.582. The van der Waals surface area contributed by atoms with Crippen molar-refractivity contribution < 1.29 is 4.92 Å². The van der Waals surface area contributed by atoms with Gasteiger partial charge in [-0.15, -0.1) is 0 Å². The van der Waals surface area contributed by atoms with Crippen LogP contribution in [0.2, 0.25) is 10.0 Å². The molecule has 0 bridgehead atoms. The molecule has 0 spiro atoms. The van der Waals surface area contributed by atoms with Gasteiger partial charge in [-0.05, 0) is 31.0 Å². The number of halogens is 2. The van der Waals surface area contributed by atoms with Gasteiger partial charge in [-0.25, -0.2) is 9.97 Å². The Kier molecular flexibility index (Phi) is 5.01. The van der Waals surface area contributed by atoms with Crippen LogP contribution < -0.4 is 10.6 Å². The van der Waals surface area contributed by atoms with Gasteiger partial charge in [0.15, 0.2) is 0 Å². The highest BCUT2D eigenvalue weighted by Crippen LogP contribution is 2.35. The van der Waals surface area contributed by atoms with E-state index >= 15 is 0 Å². The Morgan fingerprint density at radius 3 is 2.58 bits per heavy atom. The van der Waals surface area contributed by atoms with Crippen LogP contribution in [0.1, 0.15) is 25.7 Å². The van der Waals surface area contributed by atoms with Crippen LogP contribution in [0.3, 0.4) is 0 Å². The van der Waals surface area contributed by atoms with Gasteiger partial charge in [0, 0.05) is 11.1 Å². The third kappa shape index (κ3) is 3.68. The number of anilines is 3. The number of nitrogens with zero attached hydrogens (tertiary/aromatic N) is 3. The van der Waals surface area contributed by atoms with Crippen molar-refractivity contribution in [3.8, 4) is 0 Å². The second-order valence-corrected chi connectivity index (χ2v) is 6.40. The van der Waals surface area contributed by atoms with E-state index in [-0.39, 0.29) is 23.4 Å². The Morgan fingerprint density at radius 1 is 1.17 bits per heavy atom. The highest BCUT2D eigenvalue weighted by atomic mass is 35.5. The van der Waals surface area contributed by atoms with E-state index in [1.807, 2.05) is 0 Å². The summed E-state index contributed by atoms with van der Waals surface area (Å²) in [6.07, 6.45) is 5.46. The summed E-state index contributed by atoms with van der Waals surface area (Å²) in [4.78, 5) is 19.1. The second kappa shape index (κ2) is 7.19. The Balaban J connectivity index is 1.94. The van der Waals surface area contributed by atoms with Crippen molar-refractivity contribution >= 4 is 46.2 Å². The van der Waals surface area contributed by atoms with E-state index in [4.69, 9.17) is 23.2 Å². The maximum atomic E-state index is 11.5. The van der Waals surface area contributed by atoms with Crippen molar-refractivity contribution in [1.82, 2.24) is 9.97 Å². The van der Waals surface area contributed by atoms with Gasteiger partial charge in [0.1, 0.15) is 6.33 Å². The zero-order valence-corrected chi connectivity index (χ0v) is 14.1. The third-order valence-corrected chi connectivity index (χ3v) is 4.45. The normalized spacial score (nSPS) is 14.6. The van der Waals surface area contributed by atoms with Crippen molar-refractivity contribution in [3.05, 3.63) is 44.7 Å². The molecule has 0 unspecified atom stereocenters.